The zero-order valence-corrected chi connectivity index (χ0v) is 24.5. The quantitative estimate of drug-likeness (QED) is 0.234. The second-order valence-electron chi connectivity index (χ2n) is 9.72. The maximum absolute atomic E-state index is 12.9. The number of fused-ring (bicyclic) bond motifs is 2. The molecule has 0 atom stereocenters. The van der Waals surface area contributed by atoms with E-state index in [0.29, 0.717) is 32.2 Å². The van der Waals surface area contributed by atoms with Crippen molar-refractivity contribution in [2.75, 3.05) is 0 Å². The number of aromatic nitrogens is 2. The summed E-state index contributed by atoms with van der Waals surface area (Å²) in [5.41, 5.74) is 5.39. The van der Waals surface area contributed by atoms with Crippen molar-refractivity contribution in [1.29, 1.82) is 0 Å². The molecule has 0 bridgehead atoms. The zero-order valence-electron chi connectivity index (χ0n) is 22.9. The van der Waals surface area contributed by atoms with Gasteiger partial charge in [0.1, 0.15) is 11.5 Å². The first-order chi connectivity index (χ1) is 19.8. The monoisotopic (exact) mass is 578 g/mol. The number of para-hydroxylation sites is 2. The third-order valence-corrected chi connectivity index (χ3v) is 9.08. The van der Waals surface area contributed by atoms with Crippen LogP contribution in [-0.4, -0.2) is 20.9 Å². The molecule has 0 fully saturated rings. The Labute approximate surface area is 244 Å². The van der Waals surface area contributed by atoms with Crippen molar-refractivity contribution in [3.05, 3.63) is 117 Å². The Morgan fingerprint density at radius 3 is 1.37 bits per heavy atom. The van der Waals surface area contributed by atoms with Crippen LogP contribution in [0.4, 0.5) is 0 Å². The third-order valence-electron chi connectivity index (χ3n) is 6.88. The van der Waals surface area contributed by atoms with Gasteiger partial charge in [0, 0.05) is 25.2 Å². The van der Waals surface area contributed by atoms with Crippen LogP contribution in [0.5, 0.6) is 11.5 Å². The van der Waals surface area contributed by atoms with Gasteiger partial charge in [-0.1, -0.05) is 46.9 Å². The largest absolute Gasteiger partial charge is 0.457 e. The van der Waals surface area contributed by atoms with Gasteiger partial charge in [0.25, 0.3) is 11.8 Å². The number of thiazole rings is 2. The second kappa shape index (κ2) is 10.8. The minimum Gasteiger partial charge on any atom is -0.457 e. The van der Waals surface area contributed by atoms with E-state index in [9.17, 15) is 9.59 Å². The van der Waals surface area contributed by atoms with Crippen molar-refractivity contribution < 1.29 is 14.3 Å². The number of amides is 2. The smallest absolute Gasteiger partial charge is 0.279 e. The Hall–Kier alpha value is -4.60. The summed E-state index contributed by atoms with van der Waals surface area (Å²) in [6.07, 6.45) is 0. The molecule has 7 nitrogen and oxygen atoms in total. The van der Waals surface area contributed by atoms with Crippen LogP contribution in [-0.2, 0) is 14.1 Å². The second-order valence-corrected chi connectivity index (χ2v) is 11.7. The van der Waals surface area contributed by atoms with Gasteiger partial charge in [0.15, 0.2) is 9.60 Å². The number of benzene rings is 4. The Morgan fingerprint density at radius 1 is 0.610 bits per heavy atom. The van der Waals surface area contributed by atoms with Gasteiger partial charge in [0.2, 0.25) is 0 Å². The molecule has 0 aliphatic rings. The number of aryl methyl sites for hydroxylation is 4. The molecule has 0 saturated carbocycles. The summed E-state index contributed by atoms with van der Waals surface area (Å²) < 4.78 is 12.0. The van der Waals surface area contributed by atoms with E-state index in [1.165, 1.54) is 22.7 Å². The van der Waals surface area contributed by atoms with E-state index >= 15 is 0 Å². The lowest BCUT2D eigenvalue weighted by Crippen LogP contribution is -2.13. The van der Waals surface area contributed by atoms with Crippen molar-refractivity contribution in [3.63, 3.8) is 0 Å². The maximum Gasteiger partial charge on any atom is 0.279 e. The SMILES string of the molecule is Cc1cccc2sc(=NC(=O)c3ccc(Oc4ccc(C(=O)N=c5sc6cccc(C)c6n5C)cc4)cc3)n(C)c12. The number of carbonyl (C=O) groups is 2. The van der Waals surface area contributed by atoms with Gasteiger partial charge in [0.05, 0.1) is 20.4 Å². The first-order valence-corrected chi connectivity index (χ1v) is 14.6. The maximum atomic E-state index is 12.9. The fraction of sp³-hybridized carbons (Fsp3) is 0.125. The molecule has 0 saturated heterocycles. The molecule has 9 heteroatoms. The summed E-state index contributed by atoms with van der Waals surface area (Å²) in [4.78, 5) is 35.7. The van der Waals surface area contributed by atoms with Gasteiger partial charge in [-0.05, 0) is 85.6 Å². The molecule has 204 valence electrons. The number of hydrogen-bond acceptors (Lipinski definition) is 5. The molecular formula is C32H26N4O3S2. The van der Waals surface area contributed by atoms with Crippen molar-refractivity contribution in [2.45, 2.75) is 13.8 Å². The van der Waals surface area contributed by atoms with Crippen molar-refractivity contribution in [3.8, 4) is 11.5 Å². The van der Waals surface area contributed by atoms with E-state index in [0.717, 1.165) is 31.6 Å². The van der Waals surface area contributed by atoms with Crippen molar-refractivity contribution >= 4 is 54.9 Å². The molecule has 0 aliphatic carbocycles. The van der Waals surface area contributed by atoms with Gasteiger partial charge in [-0.25, -0.2) is 0 Å². The number of ether oxygens (including phenoxy) is 1. The number of carbonyl (C=O) groups excluding carboxylic acids is 2. The average molecular weight is 579 g/mol. The number of nitrogens with zero attached hydrogens (tertiary/aromatic N) is 4. The molecule has 6 rings (SSSR count). The minimum absolute atomic E-state index is 0.315. The predicted molar refractivity (Wildman–Crippen MR) is 164 cm³/mol. The van der Waals surface area contributed by atoms with E-state index in [4.69, 9.17) is 4.74 Å². The van der Waals surface area contributed by atoms with E-state index in [2.05, 4.69) is 9.98 Å². The van der Waals surface area contributed by atoms with Gasteiger partial charge < -0.3 is 13.9 Å². The molecule has 0 aliphatic heterocycles. The van der Waals surface area contributed by atoms with Crippen molar-refractivity contribution in [2.24, 2.45) is 24.1 Å². The molecule has 2 amide bonds. The van der Waals surface area contributed by atoms with Crippen LogP contribution in [0.15, 0.2) is 94.9 Å². The Bertz CT molecular complexity index is 1940. The summed E-state index contributed by atoms with van der Waals surface area (Å²) in [6.45, 7) is 4.10. The molecule has 0 N–H and O–H groups in total. The predicted octanol–water partition coefficient (Wildman–Crippen LogP) is 6.68. The van der Waals surface area contributed by atoms with E-state index in [-0.39, 0.29) is 11.8 Å². The third kappa shape index (κ3) is 5.17. The zero-order chi connectivity index (χ0) is 28.7. The van der Waals surface area contributed by atoms with Crippen LogP contribution in [0.2, 0.25) is 0 Å². The van der Waals surface area contributed by atoms with Crippen LogP contribution in [0.25, 0.3) is 20.4 Å². The Balaban J connectivity index is 1.16. The Kier molecular flexibility index (Phi) is 6.98. The van der Waals surface area contributed by atoms with E-state index in [1.54, 1.807) is 48.5 Å². The fourth-order valence-corrected chi connectivity index (χ4v) is 6.97. The van der Waals surface area contributed by atoms with Crippen LogP contribution < -0.4 is 14.3 Å². The Morgan fingerprint density at radius 2 is 1.00 bits per heavy atom. The van der Waals surface area contributed by atoms with Crippen LogP contribution >= 0.6 is 22.7 Å². The summed E-state index contributed by atoms with van der Waals surface area (Å²) in [7, 11) is 3.85. The number of rotatable bonds is 4. The molecule has 0 radical (unpaired) electrons. The highest BCUT2D eigenvalue weighted by Crippen LogP contribution is 2.24. The lowest BCUT2D eigenvalue weighted by Gasteiger charge is -2.06. The van der Waals surface area contributed by atoms with Crippen LogP contribution in [0, 0.1) is 13.8 Å². The molecule has 4 aromatic carbocycles. The highest BCUT2D eigenvalue weighted by Gasteiger charge is 2.11. The van der Waals surface area contributed by atoms with Gasteiger partial charge in [-0.3, -0.25) is 9.59 Å². The molecule has 0 spiro atoms. The molecule has 2 aromatic heterocycles. The lowest BCUT2D eigenvalue weighted by atomic mass is 10.2. The van der Waals surface area contributed by atoms with Gasteiger partial charge in [-0.2, -0.15) is 9.98 Å². The van der Waals surface area contributed by atoms with Gasteiger partial charge in [-0.15, -0.1) is 0 Å². The molecule has 41 heavy (non-hydrogen) atoms. The normalized spacial score (nSPS) is 12.4. The van der Waals surface area contributed by atoms with E-state index < -0.39 is 0 Å². The van der Waals surface area contributed by atoms with Crippen LogP contribution in [0.1, 0.15) is 31.8 Å². The topological polar surface area (TPSA) is 78.0 Å². The highest BCUT2D eigenvalue weighted by atomic mass is 32.1. The average Bonchev–Trinajstić information content (AvgIpc) is 3.46. The summed E-state index contributed by atoms with van der Waals surface area (Å²) >= 11 is 2.98. The fourth-order valence-electron chi connectivity index (χ4n) is 4.78. The first kappa shape index (κ1) is 26.6. The van der Waals surface area contributed by atoms with E-state index in [1.807, 2.05) is 73.5 Å². The standard InChI is InChI=1S/C32H26N4O3S2/c1-19-7-5-9-25-27(19)35(3)31(40-25)33-29(37)21-11-15-23(16-12-21)39-24-17-13-22(14-18-24)30(38)34-32-36(4)28-20(2)8-6-10-26(28)41-32/h5-18H,1-4H3. The molecule has 6 aromatic rings. The highest BCUT2D eigenvalue weighted by molar-refractivity contribution is 7.16. The summed E-state index contributed by atoms with van der Waals surface area (Å²) in [6, 6.07) is 25.9. The lowest BCUT2D eigenvalue weighted by molar-refractivity contribution is 0.0989. The van der Waals surface area contributed by atoms with Crippen molar-refractivity contribution in [1.82, 2.24) is 9.13 Å². The summed E-state index contributed by atoms with van der Waals surface area (Å²) in [5.74, 6) is 0.511. The first-order valence-electron chi connectivity index (χ1n) is 12.9. The summed E-state index contributed by atoms with van der Waals surface area (Å²) in [5, 5.41) is 0. The van der Waals surface area contributed by atoms with Crippen LogP contribution in [0.3, 0.4) is 0 Å². The van der Waals surface area contributed by atoms with Gasteiger partial charge >= 0.3 is 0 Å². The molecule has 2 heterocycles. The number of hydrogen-bond donors (Lipinski definition) is 0. The molecule has 0 unspecified atom stereocenters. The minimum atomic E-state index is -0.315. The molecular weight excluding hydrogens is 553 g/mol.